The van der Waals surface area contributed by atoms with E-state index in [-0.39, 0.29) is 11.7 Å². The Hall–Kier alpha value is -2.43. The SMILES string of the molecule is C[C@@H](C(N)=O)c1cccc(C(=O)c2ncco2)c1. The minimum Gasteiger partial charge on any atom is -0.442 e. The minimum absolute atomic E-state index is 0.0267. The van der Waals surface area contributed by atoms with Crippen molar-refractivity contribution in [2.45, 2.75) is 12.8 Å². The van der Waals surface area contributed by atoms with E-state index in [9.17, 15) is 9.59 Å². The van der Waals surface area contributed by atoms with E-state index >= 15 is 0 Å². The molecule has 1 aromatic heterocycles. The molecule has 18 heavy (non-hydrogen) atoms. The van der Waals surface area contributed by atoms with E-state index in [4.69, 9.17) is 10.2 Å². The molecule has 2 rings (SSSR count). The van der Waals surface area contributed by atoms with Crippen LogP contribution in [-0.4, -0.2) is 16.7 Å². The van der Waals surface area contributed by atoms with Crippen molar-refractivity contribution in [3.63, 3.8) is 0 Å². The average Bonchev–Trinajstić information content (AvgIpc) is 2.91. The van der Waals surface area contributed by atoms with Crippen LogP contribution in [0.4, 0.5) is 0 Å². The number of rotatable bonds is 4. The lowest BCUT2D eigenvalue weighted by Crippen LogP contribution is -2.19. The van der Waals surface area contributed by atoms with Crippen LogP contribution >= 0.6 is 0 Å². The summed E-state index contributed by atoms with van der Waals surface area (Å²) in [6, 6.07) is 6.72. The molecule has 92 valence electrons. The van der Waals surface area contributed by atoms with Crippen LogP contribution in [0.1, 0.15) is 34.7 Å². The van der Waals surface area contributed by atoms with E-state index in [1.165, 1.54) is 12.5 Å². The summed E-state index contributed by atoms with van der Waals surface area (Å²) < 4.78 is 4.95. The number of carbonyl (C=O) groups excluding carboxylic acids is 2. The maximum Gasteiger partial charge on any atom is 0.268 e. The van der Waals surface area contributed by atoms with Crippen molar-refractivity contribution in [1.82, 2.24) is 4.98 Å². The number of nitrogens with two attached hydrogens (primary N) is 1. The summed E-state index contributed by atoms with van der Waals surface area (Å²) in [4.78, 5) is 26.9. The second-order valence-electron chi connectivity index (χ2n) is 3.92. The fraction of sp³-hybridized carbons (Fsp3) is 0.154. The second kappa shape index (κ2) is 4.83. The van der Waals surface area contributed by atoms with Crippen molar-refractivity contribution in [1.29, 1.82) is 0 Å². The van der Waals surface area contributed by atoms with E-state index < -0.39 is 11.8 Å². The molecule has 0 aliphatic heterocycles. The number of carbonyl (C=O) groups is 2. The number of ketones is 1. The monoisotopic (exact) mass is 244 g/mol. The summed E-state index contributed by atoms with van der Waals surface area (Å²) in [5, 5.41) is 0. The number of primary amides is 1. The van der Waals surface area contributed by atoms with Crippen molar-refractivity contribution in [3.8, 4) is 0 Å². The van der Waals surface area contributed by atoms with Crippen molar-refractivity contribution in [2.75, 3.05) is 0 Å². The number of benzene rings is 1. The number of nitrogens with zero attached hydrogens (tertiary/aromatic N) is 1. The van der Waals surface area contributed by atoms with Crippen molar-refractivity contribution in [2.24, 2.45) is 5.73 Å². The van der Waals surface area contributed by atoms with Gasteiger partial charge in [0.1, 0.15) is 6.26 Å². The molecule has 0 aliphatic rings. The Balaban J connectivity index is 2.33. The van der Waals surface area contributed by atoms with Crippen LogP contribution in [0.25, 0.3) is 0 Å². The van der Waals surface area contributed by atoms with Gasteiger partial charge in [0.15, 0.2) is 0 Å². The van der Waals surface area contributed by atoms with Gasteiger partial charge in [-0.05, 0) is 18.6 Å². The van der Waals surface area contributed by atoms with Gasteiger partial charge in [-0.25, -0.2) is 4.98 Å². The zero-order valence-corrected chi connectivity index (χ0v) is 9.79. The first-order chi connectivity index (χ1) is 8.59. The predicted molar refractivity (Wildman–Crippen MR) is 64.0 cm³/mol. The highest BCUT2D eigenvalue weighted by molar-refractivity contribution is 6.06. The second-order valence-corrected chi connectivity index (χ2v) is 3.92. The van der Waals surface area contributed by atoms with Crippen LogP contribution in [-0.2, 0) is 4.79 Å². The Bertz CT molecular complexity index is 576. The van der Waals surface area contributed by atoms with Gasteiger partial charge in [0, 0.05) is 5.56 Å². The molecule has 2 aromatic rings. The molecule has 5 heteroatoms. The summed E-state index contributed by atoms with van der Waals surface area (Å²) >= 11 is 0. The first-order valence-electron chi connectivity index (χ1n) is 5.43. The lowest BCUT2D eigenvalue weighted by Gasteiger charge is -2.08. The van der Waals surface area contributed by atoms with Gasteiger partial charge >= 0.3 is 0 Å². The van der Waals surface area contributed by atoms with Crippen molar-refractivity contribution in [3.05, 3.63) is 53.7 Å². The number of oxazole rings is 1. The normalized spacial score (nSPS) is 12.1. The molecule has 0 aliphatic carbocycles. The predicted octanol–water partition coefficient (Wildman–Crippen LogP) is 1.49. The lowest BCUT2D eigenvalue weighted by atomic mass is 9.97. The topological polar surface area (TPSA) is 86.2 Å². The largest absolute Gasteiger partial charge is 0.442 e. The van der Waals surface area contributed by atoms with E-state index in [1.54, 1.807) is 31.2 Å². The Labute approximate surface area is 104 Å². The van der Waals surface area contributed by atoms with Crippen LogP contribution < -0.4 is 5.73 Å². The third-order valence-electron chi connectivity index (χ3n) is 2.70. The molecule has 1 aromatic carbocycles. The van der Waals surface area contributed by atoms with E-state index in [0.29, 0.717) is 11.1 Å². The highest BCUT2D eigenvalue weighted by Gasteiger charge is 2.17. The Morgan fingerprint density at radius 3 is 2.78 bits per heavy atom. The van der Waals surface area contributed by atoms with E-state index in [0.717, 1.165) is 0 Å². The van der Waals surface area contributed by atoms with E-state index in [2.05, 4.69) is 4.98 Å². The highest BCUT2D eigenvalue weighted by Crippen LogP contribution is 2.17. The van der Waals surface area contributed by atoms with E-state index in [1.807, 2.05) is 0 Å². The Kier molecular flexibility index (Phi) is 3.23. The fourth-order valence-corrected chi connectivity index (χ4v) is 1.57. The zero-order valence-electron chi connectivity index (χ0n) is 9.79. The van der Waals surface area contributed by atoms with Gasteiger partial charge in [-0.1, -0.05) is 18.2 Å². The third-order valence-corrected chi connectivity index (χ3v) is 2.70. The smallest absolute Gasteiger partial charge is 0.268 e. The number of hydrogen-bond donors (Lipinski definition) is 1. The summed E-state index contributed by atoms with van der Waals surface area (Å²) in [5.74, 6) is -1.17. The summed E-state index contributed by atoms with van der Waals surface area (Å²) in [5.41, 5.74) is 6.35. The minimum atomic E-state index is -0.442. The first-order valence-corrected chi connectivity index (χ1v) is 5.43. The zero-order chi connectivity index (χ0) is 13.1. The lowest BCUT2D eigenvalue weighted by molar-refractivity contribution is -0.119. The van der Waals surface area contributed by atoms with Gasteiger partial charge in [-0.2, -0.15) is 0 Å². The summed E-state index contributed by atoms with van der Waals surface area (Å²) in [6.07, 6.45) is 2.74. The third kappa shape index (κ3) is 2.29. The molecule has 0 radical (unpaired) electrons. The van der Waals surface area contributed by atoms with Gasteiger partial charge in [0.05, 0.1) is 12.1 Å². The number of amides is 1. The van der Waals surface area contributed by atoms with Gasteiger partial charge in [-0.3, -0.25) is 9.59 Å². The molecular formula is C13H12N2O3. The fourth-order valence-electron chi connectivity index (χ4n) is 1.57. The number of hydrogen-bond acceptors (Lipinski definition) is 4. The van der Waals surface area contributed by atoms with Crippen LogP contribution in [0, 0.1) is 0 Å². The molecule has 0 spiro atoms. The molecule has 5 nitrogen and oxygen atoms in total. The molecular weight excluding hydrogens is 232 g/mol. The van der Waals surface area contributed by atoms with Crippen LogP contribution in [0.3, 0.4) is 0 Å². The van der Waals surface area contributed by atoms with Gasteiger partial charge in [0.25, 0.3) is 5.89 Å². The molecule has 2 N–H and O–H groups in total. The molecule has 0 bridgehead atoms. The van der Waals surface area contributed by atoms with Crippen molar-refractivity contribution < 1.29 is 14.0 Å². The number of aromatic nitrogens is 1. The molecule has 0 fully saturated rings. The van der Waals surface area contributed by atoms with Crippen LogP contribution in [0.5, 0.6) is 0 Å². The maximum absolute atomic E-state index is 12.0. The average molecular weight is 244 g/mol. The standard InChI is InChI=1S/C13H12N2O3/c1-8(12(14)17)9-3-2-4-10(7-9)11(16)13-15-5-6-18-13/h2-8H,1H3,(H2,14,17)/t8-/m1/s1. The van der Waals surface area contributed by atoms with Crippen molar-refractivity contribution >= 4 is 11.7 Å². The molecule has 0 saturated heterocycles. The summed E-state index contributed by atoms with van der Waals surface area (Å²) in [6.45, 7) is 1.69. The molecule has 1 amide bonds. The first kappa shape index (κ1) is 12.0. The molecule has 0 unspecified atom stereocenters. The summed E-state index contributed by atoms with van der Waals surface area (Å²) in [7, 11) is 0. The molecule has 1 heterocycles. The van der Waals surface area contributed by atoms with Gasteiger partial charge in [0.2, 0.25) is 11.7 Å². The van der Waals surface area contributed by atoms with Crippen LogP contribution in [0.15, 0.2) is 41.1 Å². The molecule has 1 atom stereocenters. The Morgan fingerprint density at radius 1 is 1.39 bits per heavy atom. The van der Waals surface area contributed by atoms with Gasteiger partial charge < -0.3 is 10.2 Å². The van der Waals surface area contributed by atoms with Crippen LogP contribution in [0.2, 0.25) is 0 Å². The van der Waals surface area contributed by atoms with Gasteiger partial charge in [-0.15, -0.1) is 0 Å². The maximum atomic E-state index is 12.0. The quantitative estimate of drug-likeness (QED) is 0.825. The Morgan fingerprint density at radius 2 is 2.17 bits per heavy atom. The molecule has 0 saturated carbocycles. The highest BCUT2D eigenvalue weighted by atomic mass is 16.3.